The van der Waals surface area contributed by atoms with Crippen LogP contribution in [0.4, 0.5) is 0 Å². The van der Waals surface area contributed by atoms with Gasteiger partial charge in [-0.3, -0.25) is 0 Å². The highest BCUT2D eigenvalue weighted by Crippen LogP contribution is 2.30. The van der Waals surface area contributed by atoms with E-state index in [4.69, 9.17) is 14.2 Å². The summed E-state index contributed by atoms with van der Waals surface area (Å²) in [6.07, 6.45) is 2.05. The lowest BCUT2D eigenvalue weighted by Gasteiger charge is -2.25. The van der Waals surface area contributed by atoms with Gasteiger partial charge in [0.15, 0.2) is 5.79 Å². The molecule has 0 unspecified atom stereocenters. The smallest absolute Gasteiger partial charge is 0.178 e. The summed E-state index contributed by atoms with van der Waals surface area (Å²) in [5.41, 5.74) is 1.20. The van der Waals surface area contributed by atoms with Gasteiger partial charge in [0.05, 0.1) is 20.3 Å². The first-order valence-electron chi connectivity index (χ1n) is 6.81. The third kappa shape index (κ3) is 3.67. The number of rotatable bonds is 6. The van der Waals surface area contributed by atoms with E-state index < -0.39 is 5.79 Å². The molecule has 1 aromatic rings. The highest BCUT2D eigenvalue weighted by Gasteiger charge is 2.31. The molecule has 0 bridgehead atoms. The zero-order valence-electron chi connectivity index (χ0n) is 12.6. The summed E-state index contributed by atoms with van der Waals surface area (Å²) in [5, 5.41) is 3.46. The minimum Gasteiger partial charge on any atom is -0.496 e. The molecule has 1 N–H and O–H groups in total. The van der Waals surface area contributed by atoms with Gasteiger partial charge in [0.25, 0.3) is 0 Å². The summed E-state index contributed by atoms with van der Waals surface area (Å²) in [5.74, 6) is 0.417. The number of benzene rings is 1. The van der Waals surface area contributed by atoms with Crippen molar-refractivity contribution in [2.75, 3.05) is 33.1 Å². The molecule has 0 amide bonds. The molecule has 5 heteroatoms. The summed E-state index contributed by atoms with van der Waals surface area (Å²) in [6, 6.07) is 6.53. The maximum atomic E-state index is 5.60. The quantitative estimate of drug-likeness (QED) is 0.818. The van der Waals surface area contributed by atoms with Crippen molar-refractivity contribution in [1.29, 1.82) is 0 Å². The third-order valence-corrected chi connectivity index (χ3v) is 4.31. The number of hydrogen-bond acceptors (Lipinski definition) is 5. The monoisotopic (exact) mass is 297 g/mol. The van der Waals surface area contributed by atoms with E-state index in [1.54, 1.807) is 18.9 Å². The Kier molecular flexibility index (Phi) is 5.32. The van der Waals surface area contributed by atoms with Crippen molar-refractivity contribution in [2.24, 2.45) is 0 Å². The normalized spacial score (nSPS) is 19.0. The molecular weight excluding hydrogens is 274 g/mol. The van der Waals surface area contributed by atoms with Crippen LogP contribution in [0.1, 0.15) is 25.5 Å². The topological polar surface area (TPSA) is 39.7 Å². The van der Waals surface area contributed by atoms with Gasteiger partial charge in [-0.05, 0) is 37.8 Å². The second kappa shape index (κ2) is 6.80. The summed E-state index contributed by atoms with van der Waals surface area (Å²) < 4.78 is 16.6. The van der Waals surface area contributed by atoms with Crippen molar-refractivity contribution in [1.82, 2.24) is 5.32 Å². The van der Waals surface area contributed by atoms with Gasteiger partial charge in [-0.15, -0.1) is 11.8 Å². The fraction of sp³-hybridized carbons (Fsp3) is 0.600. The number of methoxy groups -OCH3 is 1. The van der Waals surface area contributed by atoms with Crippen molar-refractivity contribution in [3.8, 4) is 5.75 Å². The lowest BCUT2D eigenvalue weighted by molar-refractivity contribution is -0.139. The predicted molar refractivity (Wildman–Crippen MR) is 81.5 cm³/mol. The van der Waals surface area contributed by atoms with Crippen LogP contribution in [0.5, 0.6) is 5.75 Å². The highest BCUT2D eigenvalue weighted by molar-refractivity contribution is 7.98. The van der Waals surface area contributed by atoms with E-state index >= 15 is 0 Å². The Morgan fingerprint density at radius 1 is 1.40 bits per heavy atom. The van der Waals surface area contributed by atoms with Crippen LogP contribution >= 0.6 is 11.8 Å². The standard InChI is InChI=1S/C15H23NO3S/c1-11(16-10-15(2)18-7-8-19-15)12-5-6-14(20-4)13(9-12)17-3/h5-6,9,11,16H,7-8,10H2,1-4H3/t11-/m1/s1. The SMILES string of the molecule is COc1cc([C@@H](C)NCC2(C)OCCO2)ccc1SC. The Labute approximate surface area is 125 Å². The van der Waals surface area contributed by atoms with Crippen LogP contribution in [-0.4, -0.2) is 38.9 Å². The van der Waals surface area contributed by atoms with E-state index in [0.29, 0.717) is 19.8 Å². The molecule has 1 heterocycles. The lowest BCUT2D eigenvalue weighted by atomic mass is 10.1. The third-order valence-electron chi connectivity index (χ3n) is 3.54. The first kappa shape index (κ1) is 15.6. The van der Waals surface area contributed by atoms with E-state index in [9.17, 15) is 0 Å². The number of hydrogen-bond donors (Lipinski definition) is 1. The first-order valence-corrected chi connectivity index (χ1v) is 8.03. The fourth-order valence-electron chi connectivity index (χ4n) is 2.24. The lowest BCUT2D eigenvalue weighted by Crippen LogP contribution is -2.39. The molecule has 112 valence electrons. The van der Waals surface area contributed by atoms with Crippen LogP contribution in [0, 0.1) is 0 Å². The Bertz CT molecular complexity index is 447. The molecule has 4 nitrogen and oxygen atoms in total. The Morgan fingerprint density at radius 3 is 2.70 bits per heavy atom. The van der Waals surface area contributed by atoms with E-state index in [0.717, 1.165) is 10.6 Å². The molecular formula is C15H23NO3S. The second-order valence-electron chi connectivity index (χ2n) is 5.05. The molecule has 1 aliphatic heterocycles. The summed E-state index contributed by atoms with van der Waals surface area (Å²) in [7, 11) is 1.71. The summed E-state index contributed by atoms with van der Waals surface area (Å²) in [6.45, 7) is 6.11. The van der Waals surface area contributed by atoms with Crippen molar-refractivity contribution in [3.63, 3.8) is 0 Å². The molecule has 20 heavy (non-hydrogen) atoms. The second-order valence-corrected chi connectivity index (χ2v) is 5.90. The van der Waals surface area contributed by atoms with Crippen LogP contribution < -0.4 is 10.1 Å². The molecule has 1 fully saturated rings. The molecule has 0 aliphatic carbocycles. The van der Waals surface area contributed by atoms with Crippen LogP contribution in [-0.2, 0) is 9.47 Å². The zero-order valence-corrected chi connectivity index (χ0v) is 13.4. The van der Waals surface area contributed by atoms with Crippen LogP contribution in [0.25, 0.3) is 0 Å². The zero-order chi connectivity index (χ0) is 14.6. The molecule has 0 saturated carbocycles. The van der Waals surface area contributed by atoms with Crippen molar-refractivity contribution < 1.29 is 14.2 Å². The number of nitrogens with one attached hydrogen (secondary N) is 1. The molecule has 1 saturated heterocycles. The van der Waals surface area contributed by atoms with Gasteiger partial charge in [0.1, 0.15) is 5.75 Å². The van der Waals surface area contributed by atoms with Crippen LogP contribution in [0.2, 0.25) is 0 Å². The summed E-state index contributed by atoms with van der Waals surface area (Å²) in [4.78, 5) is 1.15. The van der Waals surface area contributed by atoms with Gasteiger partial charge in [-0.25, -0.2) is 0 Å². The minimum absolute atomic E-state index is 0.212. The molecule has 2 rings (SSSR count). The van der Waals surface area contributed by atoms with Crippen LogP contribution in [0.15, 0.2) is 23.1 Å². The van der Waals surface area contributed by atoms with E-state index in [1.165, 1.54) is 5.56 Å². The minimum atomic E-state index is -0.502. The molecule has 0 aromatic heterocycles. The van der Waals surface area contributed by atoms with Gasteiger partial charge >= 0.3 is 0 Å². The largest absolute Gasteiger partial charge is 0.496 e. The van der Waals surface area contributed by atoms with E-state index in [1.807, 2.05) is 6.92 Å². The average Bonchev–Trinajstić information content (AvgIpc) is 2.91. The number of thioether (sulfide) groups is 1. The first-order chi connectivity index (χ1) is 9.58. The van der Waals surface area contributed by atoms with Gasteiger partial charge in [0, 0.05) is 17.5 Å². The van der Waals surface area contributed by atoms with Crippen LogP contribution in [0.3, 0.4) is 0 Å². The molecule has 1 atom stereocenters. The average molecular weight is 297 g/mol. The van der Waals surface area contributed by atoms with Gasteiger partial charge in [-0.2, -0.15) is 0 Å². The Balaban J connectivity index is 1.99. The van der Waals surface area contributed by atoms with Gasteiger partial charge < -0.3 is 19.5 Å². The van der Waals surface area contributed by atoms with Crippen molar-refractivity contribution >= 4 is 11.8 Å². The van der Waals surface area contributed by atoms with E-state index in [-0.39, 0.29) is 6.04 Å². The highest BCUT2D eigenvalue weighted by atomic mass is 32.2. The molecule has 1 aliphatic rings. The molecule has 1 aromatic carbocycles. The summed E-state index contributed by atoms with van der Waals surface area (Å²) >= 11 is 1.69. The van der Waals surface area contributed by atoms with Crippen molar-refractivity contribution in [3.05, 3.63) is 23.8 Å². The van der Waals surface area contributed by atoms with Crippen molar-refractivity contribution in [2.45, 2.75) is 30.6 Å². The Hall–Kier alpha value is -0.750. The molecule has 0 radical (unpaired) electrons. The fourth-order valence-corrected chi connectivity index (χ4v) is 2.78. The van der Waals surface area contributed by atoms with Gasteiger partial charge in [0.2, 0.25) is 0 Å². The number of ether oxygens (including phenoxy) is 3. The predicted octanol–water partition coefficient (Wildman–Crippen LogP) is 2.83. The Morgan fingerprint density at radius 2 is 2.10 bits per heavy atom. The maximum Gasteiger partial charge on any atom is 0.178 e. The maximum absolute atomic E-state index is 5.60. The van der Waals surface area contributed by atoms with E-state index in [2.05, 4.69) is 36.7 Å². The molecule has 0 spiro atoms. The van der Waals surface area contributed by atoms with Gasteiger partial charge in [-0.1, -0.05) is 6.07 Å².